The Morgan fingerprint density at radius 1 is 1.58 bits per heavy atom. The van der Waals surface area contributed by atoms with E-state index < -0.39 is 0 Å². The zero-order chi connectivity index (χ0) is 8.55. The van der Waals surface area contributed by atoms with Gasteiger partial charge in [-0.3, -0.25) is 4.79 Å². The van der Waals surface area contributed by atoms with Crippen LogP contribution in [0.4, 0.5) is 0 Å². The average Bonchev–Trinajstić information content (AvgIpc) is 2.50. The number of pyridine rings is 1. The van der Waals surface area contributed by atoms with Gasteiger partial charge < -0.3 is 4.42 Å². The van der Waals surface area contributed by atoms with Crippen molar-refractivity contribution in [1.82, 2.24) is 4.98 Å². The smallest absolute Gasteiger partial charge is 0.172 e. The van der Waals surface area contributed by atoms with Crippen molar-refractivity contribution in [1.29, 1.82) is 0 Å². The lowest BCUT2D eigenvalue weighted by atomic mass is 10.2. The fourth-order valence-corrected chi connectivity index (χ4v) is 1.22. The molecule has 0 fully saturated rings. The summed E-state index contributed by atoms with van der Waals surface area (Å²) in [6, 6.07) is 3.70. The summed E-state index contributed by atoms with van der Waals surface area (Å²) in [6.45, 7) is 1.85. The zero-order valence-electron chi connectivity index (χ0n) is 6.57. The minimum atomic E-state index is 0.370. The van der Waals surface area contributed by atoms with Crippen LogP contribution in [0.3, 0.4) is 0 Å². The number of aryl methyl sites for hydroxylation is 1. The van der Waals surface area contributed by atoms with Gasteiger partial charge in [0.05, 0.1) is 6.26 Å². The maximum Gasteiger partial charge on any atom is 0.172 e. The molecule has 0 saturated heterocycles. The van der Waals surface area contributed by atoms with Gasteiger partial charge >= 0.3 is 0 Å². The van der Waals surface area contributed by atoms with Crippen LogP contribution < -0.4 is 0 Å². The van der Waals surface area contributed by atoms with Crippen LogP contribution in [0.2, 0.25) is 0 Å². The molecule has 0 aliphatic rings. The van der Waals surface area contributed by atoms with E-state index >= 15 is 0 Å². The number of rotatable bonds is 1. The molecule has 0 aliphatic carbocycles. The Labute approximate surface area is 69.0 Å². The fourth-order valence-electron chi connectivity index (χ4n) is 1.22. The topological polar surface area (TPSA) is 43.1 Å². The molecule has 0 spiro atoms. The Kier molecular flexibility index (Phi) is 1.43. The molecule has 60 valence electrons. The fraction of sp³-hybridized carbons (Fsp3) is 0.111. The summed E-state index contributed by atoms with van der Waals surface area (Å²) in [5.41, 5.74) is 1.76. The van der Waals surface area contributed by atoms with Gasteiger partial charge in [0.1, 0.15) is 5.69 Å². The Bertz CT molecular complexity index is 431. The van der Waals surface area contributed by atoms with Gasteiger partial charge in [0.25, 0.3) is 0 Å². The van der Waals surface area contributed by atoms with E-state index in [0.717, 1.165) is 11.1 Å². The molecule has 2 aromatic heterocycles. The minimum absolute atomic E-state index is 0.370. The molecule has 0 atom stereocenters. The molecule has 0 amide bonds. The highest BCUT2D eigenvalue weighted by Gasteiger charge is 2.05. The van der Waals surface area contributed by atoms with Gasteiger partial charge in [0.2, 0.25) is 0 Å². The Balaban J connectivity index is 2.88. The van der Waals surface area contributed by atoms with Crippen molar-refractivity contribution in [3.63, 3.8) is 0 Å². The van der Waals surface area contributed by atoms with Crippen molar-refractivity contribution < 1.29 is 9.21 Å². The normalized spacial score (nSPS) is 10.4. The van der Waals surface area contributed by atoms with Crippen molar-refractivity contribution in [2.24, 2.45) is 0 Å². The van der Waals surface area contributed by atoms with Gasteiger partial charge in [-0.1, -0.05) is 0 Å². The maximum absolute atomic E-state index is 10.5. The first kappa shape index (κ1) is 7.03. The standard InChI is InChI=1S/C9H7NO2/c1-6-4-7-2-3-12-9(7)8(5-11)10-6/h2-5H,1H3. The minimum Gasteiger partial charge on any atom is -0.462 e. The molecule has 3 nitrogen and oxygen atoms in total. The molecule has 0 saturated carbocycles. The number of aldehydes is 1. The van der Waals surface area contributed by atoms with E-state index in [2.05, 4.69) is 4.98 Å². The van der Waals surface area contributed by atoms with Crippen molar-refractivity contribution in [3.8, 4) is 0 Å². The summed E-state index contributed by atoms with van der Waals surface area (Å²) in [5, 5.41) is 0.921. The van der Waals surface area contributed by atoms with Crippen LogP contribution in [-0.2, 0) is 0 Å². The van der Waals surface area contributed by atoms with E-state index in [9.17, 15) is 4.79 Å². The van der Waals surface area contributed by atoms with Gasteiger partial charge in [0.15, 0.2) is 11.9 Å². The first-order valence-electron chi connectivity index (χ1n) is 3.61. The number of hydrogen-bond donors (Lipinski definition) is 0. The predicted molar refractivity (Wildman–Crippen MR) is 44.1 cm³/mol. The number of carbonyl (C=O) groups is 1. The van der Waals surface area contributed by atoms with Crippen LogP contribution in [-0.4, -0.2) is 11.3 Å². The largest absolute Gasteiger partial charge is 0.462 e. The Morgan fingerprint density at radius 2 is 2.42 bits per heavy atom. The SMILES string of the molecule is Cc1cc2ccoc2c(C=O)n1. The molecular weight excluding hydrogens is 154 g/mol. The van der Waals surface area contributed by atoms with Crippen molar-refractivity contribution >= 4 is 17.3 Å². The maximum atomic E-state index is 10.5. The van der Waals surface area contributed by atoms with Crippen molar-refractivity contribution in [2.75, 3.05) is 0 Å². The van der Waals surface area contributed by atoms with Gasteiger partial charge in [-0.15, -0.1) is 0 Å². The molecule has 0 bridgehead atoms. The van der Waals surface area contributed by atoms with Crippen LogP contribution in [0.15, 0.2) is 22.8 Å². The lowest BCUT2D eigenvalue weighted by Gasteiger charge is -1.94. The molecule has 0 N–H and O–H groups in total. The molecule has 0 aliphatic heterocycles. The van der Waals surface area contributed by atoms with Crippen LogP contribution in [0, 0.1) is 6.92 Å². The number of nitrogens with zero attached hydrogens (tertiary/aromatic N) is 1. The highest BCUT2D eigenvalue weighted by Crippen LogP contribution is 2.17. The van der Waals surface area contributed by atoms with E-state index in [1.165, 1.54) is 0 Å². The number of fused-ring (bicyclic) bond motifs is 1. The number of hydrogen-bond acceptors (Lipinski definition) is 3. The quantitative estimate of drug-likeness (QED) is 0.600. The van der Waals surface area contributed by atoms with Gasteiger partial charge in [-0.05, 0) is 19.1 Å². The summed E-state index contributed by atoms with van der Waals surface area (Å²) < 4.78 is 5.10. The van der Waals surface area contributed by atoms with E-state index in [0.29, 0.717) is 17.6 Å². The first-order chi connectivity index (χ1) is 5.81. The highest BCUT2D eigenvalue weighted by atomic mass is 16.3. The van der Waals surface area contributed by atoms with Crippen molar-refractivity contribution in [3.05, 3.63) is 29.8 Å². The summed E-state index contributed by atoms with van der Waals surface area (Å²) >= 11 is 0. The van der Waals surface area contributed by atoms with E-state index in [-0.39, 0.29) is 0 Å². The summed E-state index contributed by atoms with van der Waals surface area (Å²) in [7, 11) is 0. The second-order valence-electron chi connectivity index (χ2n) is 2.61. The lowest BCUT2D eigenvalue weighted by molar-refractivity contribution is 0.111. The zero-order valence-corrected chi connectivity index (χ0v) is 6.57. The molecule has 0 radical (unpaired) electrons. The molecule has 0 unspecified atom stereocenters. The van der Waals surface area contributed by atoms with Crippen LogP contribution in [0.1, 0.15) is 16.2 Å². The van der Waals surface area contributed by atoms with Crippen LogP contribution in [0.25, 0.3) is 11.0 Å². The Hall–Kier alpha value is -1.64. The molecule has 2 aromatic rings. The van der Waals surface area contributed by atoms with Crippen LogP contribution in [0.5, 0.6) is 0 Å². The van der Waals surface area contributed by atoms with Crippen molar-refractivity contribution in [2.45, 2.75) is 6.92 Å². The van der Waals surface area contributed by atoms with Gasteiger partial charge in [-0.2, -0.15) is 0 Å². The summed E-state index contributed by atoms with van der Waals surface area (Å²) in [4.78, 5) is 14.6. The summed E-state index contributed by atoms with van der Waals surface area (Å²) in [6.07, 6.45) is 2.26. The molecule has 3 heteroatoms. The number of carbonyl (C=O) groups excluding carboxylic acids is 1. The van der Waals surface area contributed by atoms with E-state index in [4.69, 9.17) is 4.42 Å². The first-order valence-corrected chi connectivity index (χ1v) is 3.61. The highest BCUT2D eigenvalue weighted by molar-refractivity contribution is 5.92. The van der Waals surface area contributed by atoms with E-state index in [1.807, 2.05) is 19.1 Å². The molecule has 0 aromatic carbocycles. The third kappa shape index (κ3) is 0.906. The predicted octanol–water partition coefficient (Wildman–Crippen LogP) is 1.95. The number of aromatic nitrogens is 1. The Morgan fingerprint density at radius 3 is 3.17 bits per heavy atom. The average molecular weight is 161 g/mol. The third-order valence-electron chi connectivity index (χ3n) is 1.70. The third-order valence-corrected chi connectivity index (χ3v) is 1.70. The lowest BCUT2D eigenvalue weighted by Crippen LogP contribution is -1.89. The second-order valence-corrected chi connectivity index (χ2v) is 2.61. The van der Waals surface area contributed by atoms with Gasteiger partial charge in [-0.25, -0.2) is 4.98 Å². The van der Waals surface area contributed by atoms with Gasteiger partial charge in [0, 0.05) is 11.1 Å². The van der Waals surface area contributed by atoms with E-state index in [1.54, 1.807) is 6.26 Å². The monoisotopic (exact) mass is 161 g/mol. The molecule has 2 heterocycles. The molecule has 12 heavy (non-hydrogen) atoms. The number of furan rings is 1. The molecule has 2 rings (SSSR count). The molecular formula is C9H7NO2. The van der Waals surface area contributed by atoms with Crippen LogP contribution >= 0.6 is 0 Å². The summed E-state index contributed by atoms with van der Waals surface area (Å²) in [5.74, 6) is 0. The second kappa shape index (κ2) is 2.44.